The number of hydrogen-bond donors (Lipinski definition) is 2. The Bertz CT molecular complexity index is 445. The highest BCUT2D eigenvalue weighted by Gasteiger charge is 2.25. The van der Waals surface area contributed by atoms with Crippen LogP contribution in [0, 0.1) is 11.8 Å². The number of nitrogens with one attached hydrogen (secondary N) is 2. The first-order chi connectivity index (χ1) is 12.0. The highest BCUT2D eigenvalue weighted by Crippen LogP contribution is 2.29. The van der Waals surface area contributed by atoms with Crippen molar-refractivity contribution in [1.29, 1.82) is 0 Å². The van der Waals surface area contributed by atoms with Crippen LogP contribution in [0.5, 0.6) is 0 Å². The monoisotopic (exact) mass is 352 g/mol. The van der Waals surface area contributed by atoms with Gasteiger partial charge in [-0.3, -0.25) is 4.79 Å². The summed E-state index contributed by atoms with van der Waals surface area (Å²) in [6, 6.07) is 0.820. The molecule has 144 valence electrons. The summed E-state index contributed by atoms with van der Waals surface area (Å²) < 4.78 is 5.44. The van der Waals surface area contributed by atoms with Crippen LogP contribution in [0.1, 0.15) is 52.4 Å². The smallest absolute Gasteiger partial charge is 0.243 e. The molecular formula is C19H36N4O2. The zero-order valence-corrected chi connectivity index (χ0v) is 16.4. The van der Waals surface area contributed by atoms with E-state index in [1.165, 1.54) is 25.7 Å². The van der Waals surface area contributed by atoms with Gasteiger partial charge in [0.25, 0.3) is 0 Å². The molecule has 1 aliphatic carbocycles. The van der Waals surface area contributed by atoms with Crippen LogP contribution in [0.15, 0.2) is 4.99 Å². The van der Waals surface area contributed by atoms with Crippen molar-refractivity contribution in [1.82, 2.24) is 15.5 Å². The lowest BCUT2D eigenvalue weighted by molar-refractivity contribution is -0.127. The fourth-order valence-electron chi connectivity index (χ4n) is 3.61. The highest BCUT2D eigenvalue weighted by atomic mass is 16.5. The summed E-state index contributed by atoms with van der Waals surface area (Å²) in [6.45, 7) is 6.41. The van der Waals surface area contributed by atoms with E-state index in [4.69, 9.17) is 4.74 Å². The van der Waals surface area contributed by atoms with E-state index in [0.717, 1.165) is 43.9 Å². The lowest BCUT2D eigenvalue weighted by atomic mass is 9.79. The van der Waals surface area contributed by atoms with E-state index in [1.807, 2.05) is 0 Å². The SMILES string of the molecule is CC(C)C1CCCC(NC(=NCC(=O)N(C)C)NC2CCOCC2)C1. The quantitative estimate of drug-likeness (QED) is 0.587. The van der Waals surface area contributed by atoms with Gasteiger partial charge < -0.3 is 20.3 Å². The van der Waals surface area contributed by atoms with Gasteiger partial charge in [-0.1, -0.05) is 26.7 Å². The highest BCUT2D eigenvalue weighted by molar-refractivity contribution is 5.85. The molecule has 2 unspecified atom stereocenters. The molecule has 0 bridgehead atoms. The van der Waals surface area contributed by atoms with Crippen LogP contribution >= 0.6 is 0 Å². The first kappa shape index (κ1) is 20.0. The Hall–Kier alpha value is -1.30. The van der Waals surface area contributed by atoms with Crippen molar-refractivity contribution in [2.75, 3.05) is 33.9 Å². The van der Waals surface area contributed by atoms with Crippen molar-refractivity contribution in [3.8, 4) is 0 Å². The third-order valence-electron chi connectivity index (χ3n) is 5.43. The Morgan fingerprint density at radius 3 is 2.44 bits per heavy atom. The summed E-state index contributed by atoms with van der Waals surface area (Å²) in [5, 5.41) is 7.14. The van der Waals surface area contributed by atoms with E-state index in [0.29, 0.717) is 12.1 Å². The Morgan fingerprint density at radius 1 is 1.12 bits per heavy atom. The van der Waals surface area contributed by atoms with Crippen LogP contribution in [0.3, 0.4) is 0 Å². The predicted molar refractivity (Wildman–Crippen MR) is 102 cm³/mol. The molecule has 1 aliphatic heterocycles. The van der Waals surface area contributed by atoms with Crippen LogP contribution in [0.4, 0.5) is 0 Å². The van der Waals surface area contributed by atoms with Gasteiger partial charge in [0.05, 0.1) is 0 Å². The second-order valence-corrected chi connectivity index (χ2v) is 8.00. The molecular weight excluding hydrogens is 316 g/mol. The van der Waals surface area contributed by atoms with E-state index in [2.05, 4.69) is 29.5 Å². The molecule has 0 radical (unpaired) electrons. The molecule has 1 amide bonds. The average molecular weight is 353 g/mol. The topological polar surface area (TPSA) is 66.0 Å². The van der Waals surface area contributed by atoms with Gasteiger partial charge >= 0.3 is 0 Å². The number of rotatable bonds is 5. The molecule has 1 saturated carbocycles. The molecule has 6 heteroatoms. The lowest BCUT2D eigenvalue weighted by Gasteiger charge is -2.34. The van der Waals surface area contributed by atoms with Crippen LogP contribution in [-0.4, -0.2) is 62.7 Å². The first-order valence-electron chi connectivity index (χ1n) is 9.81. The van der Waals surface area contributed by atoms with E-state index < -0.39 is 0 Å². The molecule has 0 aromatic carbocycles. The van der Waals surface area contributed by atoms with Gasteiger partial charge in [-0.2, -0.15) is 0 Å². The van der Waals surface area contributed by atoms with Gasteiger partial charge in [-0.05, 0) is 37.5 Å². The van der Waals surface area contributed by atoms with E-state index >= 15 is 0 Å². The lowest BCUT2D eigenvalue weighted by Crippen LogP contribution is -2.50. The minimum absolute atomic E-state index is 0.0248. The van der Waals surface area contributed by atoms with E-state index in [1.54, 1.807) is 19.0 Å². The zero-order valence-electron chi connectivity index (χ0n) is 16.4. The molecule has 6 nitrogen and oxygen atoms in total. The van der Waals surface area contributed by atoms with Crippen LogP contribution in [-0.2, 0) is 9.53 Å². The van der Waals surface area contributed by atoms with E-state index in [9.17, 15) is 4.79 Å². The van der Waals surface area contributed by atoms with Gasteiger partial charge in [0, 0.05) is 39.4 Å². The molecule has 2 fully saturated rings. The van der Waals surface area contributed by atoms with Crippen molar-refractivity contribution in [2.24, 2.45) is 16.8 Å². The molecule has 1 heterocycles. The zero-order chi connectivity index (χ0) is 18.2. The third-order valence-corrected chi connectivity index (χ3v) is 5.43. The third kappa shape index (κ3) is 6.84. The van der Waals surface area contributed by atoms with Crippen LogP contribution in [0.2, 0.25) is 0 Å². The maximum absolute atomic E-state index is 11.9. The van der Waals surface area contributed by atoms with Crippen molar-refractivity contribution < 1.29 is 9.53 Å². The normalized spacial score (nSPS) is 25.7. The molecule has 2 atom stereocenters. The largest absolute Gasteiger partial charge is 0.381 e. The molecule has 2 rings (SSSR count). The second-order valence-electron chi connectivity index (χ2n) is 8.00. The maximum atomic E-state index is 11.9. The summed E-state index contributed by atoms with van der Waals surface area (Å²) in [5.41, 5.74) is 0. The van der Waals surface area contributed by atoms with Crippen molar-refractivity contribution >= 4 is 11.9 Å². The van der Waals surface area contributed by atoms with Gasteiger partial charge in [0.15, 0.2) is 5.96 Å². The van der Waals surface area contributed by atoms with E-state index in [-0.39, 0.29) is 12.5 Å². The molecule has 25 heavy (non-hydrogen) atoms. The minimum atomic E-state index is 0.0248. The summed E-state index contributed by atoms with van der Waals surface area (Å²) >= 11 is 0. The molecule has 0 aromatic heterocycles. The summed E-state index contributed by atoms with van der Waals surface area (Å²) in [4.78, 5) is 18.1. The number of guanidine groups is 1. The number of likely N-dealkylation sites (N-methyl/N-ethyl adjacent to an activating group) is 1. The minimum Gasteiger partial charge on any atom is -0.381 e. The van der Waals surface area contributed by atoms with Crippen LogP contribution < -0.4 is 10.6 Å². The molecule has 1 saturated heterocycles. The molecule has 2 N–H and O–H groups in total. The second kappa shape index (κ2) is 10.00. The first-order valence-corrected chi connectivity index (χ1v) is 9.81. The number of nitrogens with zero attached hydrogens (tertiary/aromatic N) is 2. The fraction of sp³-hybridized carbons (Fsp3) is 0.895. The number of ether oxygens (including phenoxy) is 1. The number of aliphatic imine (C=N–C) groups is 1. The maximum Gasteiger partial charge on any atom is 0.243 e. The van der Waals surface area contributed by atoms with Gasteiger partial charge in [-0.25, -0.2) is 4.99 Å². The van der Waals surface area contributed by atoms with Gasteiger partial charge in [0.2, 0.25) is 5.91 Å². The van der Waals surface area contributed by atoms with Gasteiger partial charge in [-0.15, -0.1) is 0 Å². The Morgan fingerprint density at radius 2 is 1.80 bits per heavy atom. The molecule has 0 spiro atoms. The van der Waals surface area contributed by atoms with Crippen LogP contribution in [0.25, 0.3) is 0 Å². The summed E-state index contributed by atoms with van der Waals surface area (Å²) in [6.07, 6.45) is 6.94. The predicted octanol–water partition coefficient (Wildman–Crippen LogP) is 2.00. The number of amides is 1. The van der Waals surface area contributed by atoms with Gasteiger partial charge in [0.1, 0.15) is 6.54 Å². The molecule has 0 aromatic rings. The summed E-state index contributed by atoms with van der Waals surface area (Å²) in [7, 11) is 3.54. The Balaban J connectivity index is 1.97. The fourth-order valence-corrected chi connectivity index (χ4v) is 3.61. The van der Waals surface area contributed by atoms with Crippen molar-refractivity contribution in [3.05, 3.63) is 0 Å². The number of carbonyl (C=O) groups excluding carboxylic acids is 1. The molecule has 2 aliphatic rings. The number of hydrogen-bond acceptors (Lipinski definition) is 3. The average Bonchev–Trinajstić information content (AvgIpc) is 2.60. The van der Waals surface area contributed by atoms with Crippen molar-refractivity contribution in [3.63, 3.8) is 0 Å². The Kier molecular flexibility index (Phi) is 8.00. The summed E-state index contributed by atoms with van der Waals surface area (Å²) in [5.74, 6) is 2.32. The standard InChI is InChI=1S/C19H36N4O2/c1-14(2)15-6-5-7-17(12-15)22-19(20-13-18(24)23(3)4)21-16-8-10-25-11-9-16/h14-17H,5-13H2,1-4H3,(H2,20,21,22). The number of carbonyl (C=O) groups is 1. The Labute approximate surface area is 152 Å². The van der Waals surface area contributed by atoms with Crippen molar-refractivity contribution in [2.45, 2.75) is 64.5 Å².